The zero-order valence-corrected chi connectivity index (χ0v) is 24.8. The zero-order valence-electron chi connectivity index (χ0n) is 24.8. The number of likely N-dealkylation sites (N-methyl/N-ethyl adjacent to an activating group) is 1. The van der Waals surface area contributed by atoms with Crippen molar-refractivity contribution in [1.29, 1.82) is 0 Å². The number of nitrogens with zero attached hydrogens (tertiary/aromatic N) is 2. The van der Waals surface area contributed by atoms with Crippen molar-refractivity contribution in [3.05, 3.63) is 150 Å². The molecule has 1 heterocycles. The van der Waals surface area contributed by atoms with Crippen LogP contribution >= 0.6 is 0 Å². The standard InChI is InChI=1S/C38H45N3/c1-30(39-38(29-40(2)3)35-19-11-6-12-20-35)36-21-13-14-32(27-36)26-31-22-24-41(25-23-31)28-37(33-15-7-4-8-16-33)34-17-9-5-10-18-34/h4-21,27,31,37-39H,1,22-26,28-29H2,2-3H3. The molecule has 5 rings (SSSR count). The Morgan fingerprint density at radius 2 is 1.34 bits per heavy atom. The van der Waals surface area contributed by atoms with Crippen LogP contribution in [0.2, 0.25) is 0 Å². The van der Waals surface area contributed by atoms with Crippen LogP contribution in [0, 0.1) is 5.92 Å². The van der Waals surface area contributed by atoms with E-state index < -0.39 is 0 Å². The molecular formula is C38H45N3. The second kappa shape index (κ2) is 14.3. The van der Waals surface area contributed by atoms with Crippen molar-refractivity contribution in [3.8, 4) is 0 Å². The molecule has 1 saturated heterocycles. The summed E-state index contributed by atoms with van der Waals surface area (Å²) in [6, 6.07) is 41.9. The molecule has 1 aliphatic rings. The molecule has 41 heavy (non-hydrogen) atoms. The van der Waals surface area contributed by atoms with Gasteiger partial charge >= 0.3 is 0 Å². The van der Waals surface area contributed by atoms with Crippen LogP contribution < -0.4 is 5.32 Å². The maximum absolute atomic E-state index is 4.44. The minimum absolute atomic E-state index is 0.197. The Kier molecular flexibility index (Phi) is 10.1. The van der Waals surface area contributed by atoms with E-state index in [-0.39, 0.29) is 6.04 Å². The highest BCUT2D eigenvalue weighted by molar-refractivity contribution is 5.62. The Hall–Kier alpha value is -3.66. The van der Waals surface area contributed by atoms with Crippen molar-refractivity contribution in [2.75, 3.05) is 40.3 Å². The molecule has 0 radical (unpaired) electrons. The van der Waals surface area contributed by atoms with Crippen molar-refractivity contribution in [1.82, 2.24) is 15.1 Å². The van der Waals surface area contributed by atoms with Gasteiger partial charge in [-0.1, -0.05) is 116 Å². The molecule has 3 heteroatoms. The lowest BCUT2D eigenvalue weighted by atomic mass is 9.87. The summed E-state index contributed by atoms with van der Waals surface area (Å²) in [7, 11) is 4.24. The maximum atomic E-state index is 4.44. The SMILES string of the molecule is C=C(NC(CN(C)C)c1ccccc1)c1cccc(CC2CCN(CC(c3ccccc3)c3ccccc3)CC2)c1. The molecule has 0 bridgehead atoms. The van der Waals surface area contributed by atoms with Gasteiger partial charge in [0.15, 0.2) is 0 Å². The van der Waals surface area contributed by atoms with Gasteiger partial charge in [0, 0.05) is 24.7 Å². The minimum Gasteiger partial charge on any atom is -0.377 e. The topological polar surface area (TPSA) is 18.5 Å². The normalized spacial score (nSPS) is 15.2. The van der Waals surface area contributed by atoms with Crippen molar-refractivity contribution >= 4 is 5.70 Å². The lowest BCUT2D eigenvalue weighted by Gasteiger charge is -2.35. The molecule has 1 atom stereocenters. The molecule has 0 aromatic heterocycles. The molecule has 212 valence electrons. The lowest BCUT2D eigenvalue weighted by molar-refractivity contribution is 0.179. The highest BCUT2D eigenvalue weighted by atomic mass is 15.1. The summed E-state index contributed by atoms with van der Waals surface area (Å²) in [5, 5.41) is 3.72. The van der Waals surface area contributed by atoms with E-state index in [1.807, 2.05) is 0 Å². The van der Waals surface area contributed by atoms with E-state index in [0.29, 0.717) is 5.92 Å². The smallest absolute Gasteiger partial charge is 0.0640 e. The maximum Gasteiger partial charge on any atom is 0.0640 e. The number of rotatable bonds is 12. The van der Waals surface area contributed by atoms with Crippen LogP contribution in [-0.2, 0) is 6.42 Å². The van der Waals surface area contributed by atoms with Crippen LogP contribution in [0.25, 0.3) is 5.70 Å². The fourth-order valence-corrected chi connectivity index (χ4v) is 6.20. The number of likely N-dealkylation sites (tertiary alicyclic amines) is 1. The van der Waals surface area contributed by atoms with E-state index in [0.717, 1.165) is 44.2 Å². The Labute approximate surface area is 247 Å². The summed E-state index contributed by atoms with van der Waals surface area (Å²) >= 11 is 0. The van der Waals surface area contributed by atoms with E-state index >= 15 is 0 Å². The van der Waals surface area contributed by atoms with Crippen molar-refractivity contribution in [2.24, 2.45) is 5.92 Å². The Balaban J connectivity index is 1.18. The fourth-order valence-electron chi connectivity index (χ4n) is 6.20. The number of benzene rings is 4. The van der Waals surface area contributed by atoms with Crippen molar-refractivity contribution < 1.29 is 0 Å². The molecule has 1 unspecified atom stereocenters. The second-order valence-electron chi connectivity index (χ2n) is 11.9. The highest BCUT2D eigenvalue weighted by Gasteiger charge is 2.24. The van der Waals surface area contributed by atoms with Crippen LogP contribution in [0.15, 0.2) is 122 Å². The first-order valence-corrected chi connectivity index (χ1v) is 15.1. The molecule has 4 aromatic rings. The Bertz CT molecular complexity index is 1300. The monoisotopic (exact) mass is 543 g/mol. The van der Waals surface area contributed by atoms with E-state index in [2.05, 4.69) is 151 Å². The Morgan fingerprint density at radius 1 is 0.780 bits per heavy atom. The first kappa shape index (κ1) is 28.9. The third-order valence-electron chi connectivity index (χ3n) is 8.45. The molecule has 4 aromatic carbocycles. The molecule has 0 saturated carbocycles. The average molecular weight is 544 g/mol. The fraction of sp³-hybridized carbons (Fsp3) is 0.316. The van der Waals surface area contributed by atoms with Gasteiger partial charge in [-0.25, -0.2) is 0 Å². The summed E-state index contributed by atoms with van der Waals surface area (Å²) < 4.78 is 0. The summed E-state index contributed by atoms with van der Waals surface area (Å²) in [4.78, 5) is 4.90. The van der Waals surface area contributed by atoms with Gasteiger partial charge < -0.3 is 15.1 Å². The quantitative estimate of drug-likeness (QED) is 0.198. The van der Waals surface area contributed by atoms with Crippen LogP contribution in [-0.4, -0.2) is 50.1 Å². The molecule has 0 amide bonds. The minimum atomic E-state index is 0.197. The van der Waals surface area contributed by atoms with Crippen LogP contribution in [0.1, 0.15) is 52.6 Å². The molecule has 1 aliphatic heterocycles. The Morgan fingerprint density at radius 3 is 1.90 bits per heavy atom. The average Bonchev–Trinajstić information content (AvgIpc) is 3.01. The first-order chi connectivity index (χ1) is 20.0. The van der Waals surface area contributed by atoms with E-state index in [4.69, 9.17) is 0 Å². The van der Waals surface area contributed by atoms with Gasteiger partial charge in [0.1, 0.15) is 0 Å². The first-order valence-electron chi connectivity index (χ1n) is 15.1. The lowest BCUT2D eigenvalue weighted by Crippen LogP contribution is -2.37. The van der Waals surface area contributed by atoms with Gasteiger partial charge in [0.25, 0.3) is 0 Å². The van der Waals surface area contributed by atoms with E-state index in [1.54, 1.807) is 0 Å². The van der Waals surface area contributed by atoms with Crippen LogP contribution in [0.4, 0.5) is 0 Å². The van der Waals surface area contributed by atoms with Gasteiger partial charge in [-0.15, -0.1) is 0 Å². The third-order valence-corrected chi connectivity index (χ3v) is 8.45. The third kappa shape index (κ3) is 8.19. The van der Waals surface area contributed by atoms with Crippen LogP contribution in [0.5, 0.6) is 0 Å². The molecular weight excluding hydrogens is 498 g/mol. The van der Waals surface area contributed by atoms with Crippen molar-refractivity contribution in [3.63, 3.8) is 0 Å². The van der Waals surface area contributed by atoms with Gasteiger partial charge in [0.2, 0.25) is 0 Å². The van der Waals surface area contributed by atoms with Gasteiger partial charge in [-0.2, -0.15) is 0 Å². The predicted octanol–water partition coefficient (Wildman–Crippen LogP) is 7.64. The number of hydrogen-bond donors (Lipinski definition) is 1. The molecule has 1 N–H and O–H groups in total. The zero-order chi connectivity index (χ0) is 28.4. The highest BCUT2D eigenvalue weighted by Crippen LogP contribution is 2.29. The number of hydrogen-bond acceptors (Lipinski definition) is 3. The van der Waals surface area contributed by atoms with Gasteiger partial charge in [-0.3, -0.25) is 0 Å². The predicted molar refractivity (Wildman–Crippen MR) is 174 cm³/mol. The molecule has 0 aliphatic carbocycles. The summed E-state index contributed by atoms with van der Waals surface area (Å²) in [6.07, 6.45) is 3.63. The van der Waals surface area contributed by atoms with Gasteiger partial charge in [0.05, 0.1) is 6.04 Å². The van der Waals surface area contributed by atoms with Gasteiger partial charge in [-0.05, 0) is 86.2 Å². The van der Waals surface area contributed by atoms with E-state index in [9.17, 15) is 0 Å². The van der Waals surface area contributed by atoms with Crippen molar-refractivity contribution in [2.45, 2.75) is 31.2 Å². The summed E-state index contributed by atoms with van der Waals surface area (Å²) in [6.45, 7) is 8.76. The second-order valence-corrected chi connectivity index (χ2v) is 11.9. The largest absolute Gasteiger partial charge is 0.377 e. The number of piperidine rings is 1. The number of nitrogens with one attached hydrogen (secondary N) is 1. The molecule has 1 fully saturated rings. The molecule has 3 nitrogen and oxygen atoms in total. The van der Waals surface area contributed by atoms with Crippen LogP contribution in [0.3, 0.4) is 0 Å². The van der Waals surface area contributed by atoms with E-state index in [1.165, 1.54) is 40.7 Å². The summed E-state index contributed by atoms with van der Waals surface area (Å²) in [5.41, 5.74) is 7.70. The summed E-state index contributed by atoms with van der Waals surface area (Å²) in [5.74, 6) is 1.14. The molecule has 0 spiro atoms.